The topological polar surface area (TPSA) is 45.3 Å². The molecule has 136 valence electrons. The van der Waals surface area contributed by atoms with Gasteiger partial charge in [0.15, 0.2) is 0 Å². The molecular weight excluding hydrogens is 451 g/mol. The highest BCUT2D eigenvalue weighted by atomic mass is 127. The molecule has 0 bridgehead atoms. The van der Waals surface area contributed by atoms with Crippen molar-refractivity contribution in [2.45, 2.75) is 19.3 Å². The van der Waals surface area contributed by atoms with Crippen molar-refractivity contribution in [2.75, 3.05) is 13.7 Å². The summed E-state index contributed by atoms with van der Waals surface area (Å²) in [5.74, 6) is 1.08. The van der Waals surface area contributed by atoms with Gasteiger partial charge in [-0.3, -0.25) is 4.79 Å². The number of benzene rings is 2. The third-order valence-electron chi connectivity index (χ3n) is 5.58. The number of H-pyrrole nitrogens is 1. The number of aromatic amines is 1. The molecule has 3 aromatic rings. The minimum Gasteiger partial charge on any atom is -0.497 e. The van der Waals surface area contributed by atoms with Gasteiger partial charge < -0.3 is 14.6 Å². The SMILES string of the molecule is COc1ccc2[nH]c3c(c2c1)CCN1C(=O)CCC(c2ccccc2I)=C31. The minimum absolute atomic E-state index is 0.224. The molecule has 0 atom stereocenters. The highest BCUT2D eigenvalue weighted by Crippen LogP contribution is 2.43. The smallest absolute Gasteiger partial charge is 0.227 e. The summed E-state index contributed by atoms with van der Waals surface area (Å²) < 4.78 is 6.64. The third-order valence-corrected chi connectivity index (χ3v) is 6.52. The lowest BCUT2D eigenvalue weighted by molar-refractivity contribution is -0.128. The van der Waals surface area contributed by atoms with Crippen LogP contribution in [0.5, 0.6) is 5.75 Å². The van der Waals surface area contributed by atoms with Crippen molar-refractivity contribution in [1.82, 2.24) is 9.88 Å². The lowest BCUT2D eigenvalue weighted by Gasteiger charge is -2.36. The second-order valence-corrected chi connectivity index (χ2v) is 8.15. The van der Waals surface area contributed by atoms with E-state index in [1.54, 1.807) is 7.11 Å². The molecule has 2 aliphatic heterocycles. The van der Waals surface area contributed by atoms with E-state index < -0.39 is 0 Å². The molecule has 5 rings (SSSR count). The second-order valence-electron chi connectivity index (χ2n) is 6.99. The maximum Gasteiger partial charge on any atom is 0.227 e. The highest BCUT2D eigenvalue weighted by Gasteiger charge is 2.34. The van der Waals surface area contributed by atoms with E-state index in [4.69, 9.17) is 4.74 Å². The average Bonchev–Trinajstić information content (AvgIpc) is 3.07. The number of carbonyl (C=O) groups is 1. The molecule has 0 unspecified atom stereocenters. The fourth-order valence-corrected chi connectivity index (χ4v) is 5.02. The number of nitrogens with one attached hydrogen (secondary N) is 1. The summed E-state index contributed by atoms with van der Waals surface area (Å²) in [6, 6.07) is 14.6. The number of carbonyl (C=O) groups excluding carboxylic acids is 1. The van der Waals surface area contributed by atoms with E-state index in [-0.39, 0.29) is 5.91 Å². The number of hydrogen-bond donors (Lipinski definition) is 1. The molecule has 27 heavy (non-hydrogen) atoms. The van der Waals surface area contributed by atoms with E-state index in [2.05, 4.69) is 64.0 Å². The zero-order chi connectivity index (χ0) is 18.5. The van der Waals surface area contributed by atoms with Crippen LogP contribution in [0.1, 0.15) is 29.7 Å². The van der Waals surface area contributed by atoms with E-state index in [0.717, 1.165) is 42.0 Å². The Bertz CT molecular complexity index is 1110. The molecule has 1 N–H and O–H groups in total. The molecule has 5 heteroatoms. The standard InChI is InChI=1S/C22H19IN2O2/c1-27-13-6-8-19-17(12-13)15-10-11-25-20(26)9-7-16(22(25)21(15)24-19)14-4-2-3-5-18(14)23/h2-6,8,12,24H,7,9-11H2,1H3. The van der Waals surface area contributed by atoms with Gasteiger partial charge in [0, 0.05) is 27.4 Å². The summed E-state index contributed by atoms with van der Waals surface area (Å²) in [5, 5.41) is 1.19. The van der Waals surface area contributed by atoms with Gasteiger partial charge in [-0.05, 0) is 76.4 Å². The maximum atomic E-state index is 12.7. The molecule has 1 aromatic heterocycles. The number of fused-ring (bicyclic) bond motifs is 5. The van der Waals surface area contributed by atoms with Crippen molar-refractivity contribution in [3.05, 3.63) is 62.9 Å². The van der Waals surface area contributed by atoms with Gasteiger partial charge in [-0.2, -0.15) is 0 Å². The molecule has 0 saturated heterocycles. The molecular formula is C22H19IN2O2. The Morgan fingerprint density at radius 3 is 2.78 bits per heavy atom. The van der Waals surface area contributed by atoms with Crippen molar-refractivity contribution in [2.24, 2.45) is 0 Å². The maximum absolute atomic E-state index is 12.7. The normalized spacial score (nSPS) is 16.5. The van der Waals surface area contributed by atoms with Crippen LogP contribution >= 0.6 is 22.6 Å². The van der Waals surface area contributed by atoms with Gasteiger partial charge in [0.05, 0.1) is 18.5 Å². The number of amides is 1. The molecule has 0 saturated carbocycles. The van der Waals surface area contributed by atoms with E-state index in [9.17, 15) is 4.79 Å². The predicted molar refractivity (Wildman–Crippen MR) is 115 cm³/mol. The molecule has 1 amide bonds. The monoisotopic (exact) mass is 470 g/mol. The average molecular weight is 470 g/mol. The third kappa shape index (κ3) is 2.59. The summed E-state index contributed by atoms with van der Waals surface area (Å²) in [4.78, 5) is 18.3. The first-order valence-corrected chi connectivity index (χ1v) is 10.2. The van der Waals surface area contributed by atoms with Gasteiger partial charge >= 0.3 is 0 Å². The zero-order valence-corrected chi connectivity index (χ0v) is 17.2. The van der Waals surface area contributed by atoms with Crippen LogP contribution in [0.25, 0.3) is 22.2 Å². The molecule has 2 aliphatic rings. The Morgan fingerprint density at radius 1 is 1.11 bits per heavy atom. The van der Waals surface area contributed by atoms with Gasteiger partial charge in [0.25, 0.3) is 0 Å². The molecule has 0 fully saturated rings. The number of aromatic nitrogens is 1. The van der Waals surface area contributed by atoms with Crippen molar-refractivity contribution < 1.29 is 9.53 Å². The van der Waals surface area contributed by atoms with E-state index >= 15 is 0 Å². The molecule has 3 heterocycles. The number of allylic oxidation sites excluding steroid dienone is 1. The first-order valence-electron chi connectivity index (χ1n) is 9.14. The molecule has 0 radical (unpaired) electrons. The Kier molecular flexibility index (Phi) is 4.00. The van der Waals surface area contributed by atoms with Crippen molar-refractivity contribution in [1.29, 1.82) is 0 Å². The van der Waals surface area contributed by atoms with Crippen LogP contribution in [-0.4, -0.2) is 29.4 Å². The van der Waals surface area contributed by atoms with Crippen LogP contribution in [0, 0.1) is 3.57 Å². The lowest BCUT2D eigenvalue weighted by Crippen LogP contribution is -2.38. The van der Waals surface area contributed by atoms with Crippen molar-refractivity contribution in [3.8, 4) is 5.75 Å². The van der Waals surface area contributed by atoms with Gasteiger partial charge in [-0.25, -0.2) is 0 Å². The number of nitrogens with zero attached hydrogens (tertiary/aromatic N) is 1. The van der Waals surface area contributed by atoms with Crippen molar-refractivity contribution in [3.63, 3.8) is 0 Å². The summed E-state index contributed by atoms with van der Waals surface area (Å²) in [6.07, 6.45) is 2.22. The van der Waals surface area contributed by atoms with Crippen molar-refractivity contribution >= 4 is 50.7 Å². The van der Waals surface area contributed by atoms with Gasteiger partial charge in [-0.1, -0.05) is 18.2 Å². The number of rotatable bonds is 2. The van der Waals surface area contributed by atoms with E-state index in [1.807, 2.05) is 11.0 Å². The van der Waals surface area contributed by atoms with Crippen LogP contribution in [0.2, 0.25) is 0 Å². The predicted octanol–water partition coefficient (Wildman–Crippen LogP) is 4.83. The molecule has 0 spiro atoms. The molecule has 4 nitrogen and oxygen atoms in total. The van der Waals surface area contributed by atoms with Gasteiger partial charge in [0.2, 0.25) is 5.91 Å². The number of hydrogen-bond acceptors (Lipinski definition) is 2. The summed E-state index contributed by atoms with van der Waals surface area (Å²) in [7, 11) is 1.69. The second kappa shape index (κ2) is 6.41. The van der Waals surface area contributed by atoms with Crippen LogP contribution in [0.4, 0.5) is 0 Å². The Morgan fingerprint density at radius 2 is 1.96 bits per heavy atom. The van der Waals surface area contributed by atoms with E-state index in [1.165, 1.54) is 25.7 Å². The lowest BCUT2D eigenvalue weighted by atomic mass is 9.89. The zero-order valence-electron chi connectivity index (χ0n) is 15.0. The quantitative estimate of drug-likeness (QED) is 0.546. The van der Waals surface area contributed by atoms with Crippen LogP contribution < -0.4 is 4.74 Å². The summed E-state index contributed by atoms with van der Waals surface area (Å²) >= 11 is 2.39. The molecule has 0 aliphatic carbocycles. The van der Waals surface area contributed by atoms with E-state index in [0.29, 0.717) is 6.42 Å². The number of halogens is 1. The first kappa shape index (κ1) is 16.9. The Balaban J connectivity index is 1.80. The number of ether oxygens (including phenoxy) is 1. The number of methoxy groups -OCH3 is 1. The van der Waals surface area contributed by atoms with Crippen LogP contribution in [0.3, 0.4) is 0 Å². The largest absolute Gasteiger partial charge is 0.497 e. The van der Waals surface area contributed by atoms with Gasteiger partial charge in [-0.15, -0.1) is 0 Å². The fraction of sp³-hybridized carbons (Fsp3) is 0.227. The first-order chi connectivity index (χ1) is 13.2. The Labute approximate surface area is 171 Å². The summed E-state index contributed by atoms with van der Waals surface area (Å²) in [6.45, 7) is 0.734. The molecule has 2 aromatic carbocycles. The van der Waals surface area contributed by atoms with Crippen LogP contribution in [0.15, 0.2) is 42.5 Å². The Hall–Kier alpha value is -2.28. The fourth-order valence-electron chi connectivity index (χ4n) is 4.30. The highest BCUT2D eigenvalue weighted by molar-refractivity contribution is 14.1. The summed E-state index contributed by atoms with van der Waals surface area (Å²) in [5.41, 5.74) is 7.02. The minimum atomic E-state index is 0.224. The van der Waals surface area contributed by atoms with Crippen LogP contribution in [-0.2, 0) is 11.2 Å². The van der Waals surface area contributed by atoms with Gasteiger partial charge in [0.1, 0.15) is 5.75 Å².